The molecule has 0 heterocycles. The molecule has 0 aliphatic heterocycles. The molecule has 1 amide bonds. The van der Waals surface area contributed by atoms with Gasteiger partial charge in [-0.25, -0.2) is 20.4 Å². The molecule has 0 saturated heterocycles. The highest BCUT2D eigenvalue weighted by Gasteiger charge is 2.29. The smallest absolute Gasteiger partial charge is 0.424 e. The number of esters is 1. The number of unbranched alkanes of at least 4 members (excludes halogenated alkanes) is 1. The first kappa shape index (κ1) is 17.2. The molecule has 0 aromatic rings. The summed E-state index contributed by atoms with van der Waals surface area (Å²) in [6.07, 6.45) is 0.290. The second kappa shape index (κ2) is 9.15. The molecular formula is C11H20N2O6. The number of hydrogen-bond donors (Lipinski definition) is 2. The highest BCUT2D eigenvalue weighted by Crippen LogP contribution is 2.07. The maximum Gasteiger partial charge on any atom is 0.424 e. The van der Waals surface area contributed by atoms with Gasteiger partial charge < -0.3 is 14.6 Å². The first-order valence-corrected chi connectivity index (χ1v) is 5.94. The summed E-state index contributed by atoms with van der Waals surface area (Å²) in [7, 11) is 1.19. The van der Waals surface area contributed by atoms with E-state index in [2.05, 4.69) is 4.74 Å². The lowest BCUT2D eigenvalue weighted by Gasteiger charge is -2.23. The Bertz CT molecular complexity index is 320. The van der Waals surface area contributed by atoms with Gasteiger partial charge in [0.25, 0.3) is 0 Å². The van der Waals surface area contributed by atoms with Gasteiger partial charge in [0.1, 0.15) is 6.04 Å². The van der Waals surface area contributed by atoms with Crippen molar-refractivity contribution in [1.29, 1.82) is 0 Å². The average molecular weight is 276 g/mol. The first-order chi connectivity index (χ1) is 8.93. The van der Waals surface area contributed by atoms with Crippen LogP contribution in [-0.4, -0.2) is 47.9 Å². The van der Waals surface area contributed by atoms with E-state index < -0.39 is 24.1 Å². The molecule has 0 unspecified atom stereocenters. The molecule has 0 aliphatic rings. The van der Waals surface area contributed by atoms with Crippen molar-refractivity contribution >= 4 is 18.0 Å². The van der Waals surface area contributed by atoms with E-state index in [9.17, 15) is 14.4 Å². The molecule has 0 bridgehead atoms. The Morgan fingerprint density at radius 3 is 2.47 bits per heavy atom. The van der Waals surface area contributed by atoms with Crippen molar-refractivity contribution in [3.05, 3.63) is 0 Å². The summed E-state index contributed by atoms with van der Waals surface area (Å²) < 4.78 is 9.18. The second-order valence-electron chi connectivity index (χ2n) is 3.84. The molecule has 19 heavy (non-hydrogen) atoms. The number of carboxylic acid groups (broad SMARTS) is 1. The molecule has 1 atom stereocenters. The van der Waals surface area contributed by atoms with Gasteiger partial charge in [0.15, 0.2) is 0 Å². The van der Waals surface area contributed by atoms with Gasteiger partial charge in [-0.05, 0) is 12.8 Å². The van der Waals surface area contributed by atoms with Crippen LogP contribution in [0.25, 0.3) is 0 Å². The number of nitrogens with zero attached hydrogens (tertiary/aromatic N) is 1. The largest absolute Gasteiger partial charge is 0.480 e. The molecule has 0 aromatic heterocycles. The number of nitrogens with two attached hydrogens (primary N) is 1. The van der Waals surface area contributed by atoms with Crippen molar-refractivity contribution < 1.29 is 29.0 Å². The van der Waals surface area contributed by atoms with Crippen LogP contribution in [0.2, 0.25) is 0 Å². The van der Waals surface area contributed by atoms with Gasteiger partial charge in [0.05, 0.1) is 13.7 Å². The fourth-order valence-corrected chi connectivity index (χ4v) is 1.24. The van der Waals surface area contributed by atoms with E-state index in [0.29, 0.717) is 11.4 Å². The predicted molar refractivity (Wildman–Crippen MR) is 65.0 cm³/mol. The van der Waals surface area contributed by atoms with E-state index >= 15 is 0 Å². The van der Waals surface area contributed by atoms with Crippen molar-refractivity contribution in [3.63, 3.8) is 0 Å². The number of hydrazine groups is 1. The molecule has 8 heteroatoms. The van der Waals surface area contributed by atoms with Gasteiger partial charge in [-0.3, -0.25) is 4.79 Å². The average Bonchev–Trinajstić information content (AvgIpc) is 2.38. The minimum Gasteiger partial charge on any atom is -0.480 e. The Kier molecular flexibility index (Phi) is 8.27. The van der Waals surface area contributed by atoms with Crippen LogP contribution < -0.4 is 5.84 Å². The fraction of sp³-hybridized carbons (Fsp3) is 0.727. The van der Waals surface area contributed by atoms with Crippen molar-refractivity contribution in [2.45, 2.75) is 38.6 Å². The Morgan fingerprint density at radius 2 is 2.00 bits per heavy atom. The van der Waals surface area contributed by atoms with E-state index in [-0.39, 0.29) is 19.4 Å². The molecule has 0 radical (unpaired) electrons. The number of ether oxygens (including phenoxy) is 2. The Hall–Kier alpha value is -1.83. The van der Waals surface area contributed by atoms with Gasteiger partial charge in [-0.1, -0.05) is 13.3 Å². The lowest BCUT2D eigenvalue weighted by atomic mass is 10.1. The van der Waals surface area contributed by atoms with Gasteiger partial charge in [0.2, 0.25) is 0 Å². The van der Waals surface area contributed by atoms with E-state index in [4.69, 9.17) is 15.7 Å². The summed E-state index contributed by atoms with van der Waals surface area (Å²) in [5.41, 5.74) is 0. The molecular weight excluding hydrogens is 256 g/mol. The lowest BCUT2D eigenvalue weighted by Crippen LogP contribution is -2.50. The van der Waals surface area contributed by atoms with Crippen LogP contribution >= 0.6 is 0 Å². The number of amides is 1. The molecule has 0 aliphatic carbocycles. The standard InChI is InChI=1S/C11H20N2O6/c1-3-4-7-19-11(17)13(12)8(10(15)16)5-6-9(14)18-2/h8H,3-7,12H2,1-2H3,(H,15,16)/t8-/m0/s1. The molecule has 3 N–H and O–H groups in total. The number of rotatable bonds is 8. The van der Waals surface area contributed by atoms with Crippen LogP contribution in [0.4, 0.5) is 4.79 Å². The van der Waals surface area contributed by atoms with Crippen LogP contribution in [0.5, 0.6) is 0 Å². The minimum atomic E-state index is -1.33. The van der Waals surface area contributed by atoms with Crippen LogP contribution in [0.3, 0.4) is 0 Å². The Balaban J connectivity index is 4.39. The summed E-state index contributed by atoms with van der Waals surface area (Å²) in [5, 5.41) is 9.46. The topological polar surface area (TPSA) is 119 Å². The van der Waals surface area contributed by atoms with Crippen molar-refractivity contribution in [2.24, 2.45) is 5.84 Å². The van der Waals surface area contributed by atoms with Gasteiger partial charge >= 0.3 is 18.0 Å². The summed E-state index contributed by atoms with van der Waals surface area (Å²) in [6, 6.07) is -1.33. The highest BCUT2D eigenvalue weighted by molar-refractivity contribution is 5.80. The number of aliphatic carboxylic acids is 1. The van der Waals surface area contributed by atoms with E-state index in [0.717, 1.165) is 6.42 Å². The van der Waals surface area contributed by atoms with Crippen LogP contribution in [0.15, 0.2) is 0 Å². The lowest BCUT2D eigenvalue weighted by molar-refractivity contribution is -0.144. The SMILES string of the molecule is CCCCOC(=O)N(N)[C@@H](CCC(=O)OC)C(=O)O. The number of hydrogen-bond acceptors (Lipinski definition) is 6. The molecule has 0 aromatic carbocycles. The molecule has 8 nitrogen and oxygen atoms in total. The zero-order chi connectivity index (χ0) is 14.8. The van der Waals surface area contributed by atoms with Gasteiger partial charge in [-0.15, -0.1) is 0 Å². The summed E-state index contributed by atoms with van der Waals surface area (Å²) in [4.78, 5) is 33.4. The zero-order valence-corrected chi connectivity index (χ0v) is 11.1. The number of carboxylic acids is 1. The fourth-order valence-electron chi connectivity index (χ4n) is 1.24. The quantitative estimate of drug-likeness (QED) is 0.218. The minimum absolute atomic E-state index is 0.138. The molecule has 0 fully saturated rings. The van der Waals surface area contributed by atoms with Crippen molar-refractivity contribution in [3.8, 4) is 0 Å². The van der Waals surface area contributed by atoms with Crippen LogP contribution in [-0.2, 0) is 19.1 Å². The molecule has 0 rings (SSSR count). The van der Waals surface area contributed by atoms with E-state index in [1.807, 2.05) is 6.92 Å². The normalized spacial score (nSPS) is 11.5. The second-order valence-corrected chi connectivity index (χ2v) is 3.84. The van der Waals surface area contributed by atoms with Crippen molar-refractivity contribution in [2.75, 3.05) is 13.7 Å². The van der Waals surface area contributed by atoms with Crippen LogP contribution in [0.1, 0.15) is 32.6 Å². The molecule has 0 saturated carbocycles. The summed E-state index contributed by atoms with van der Waals surface area (Å²) >= 11 is 0. The maximum atomic E-state index is 11.5. The third-order valence-corrected chi connectivity index (χ3v) is 2.40. The third kappa shape index (κ3) is 6.61. The Labute approximate surface area is 111 Å². The number of carbonyl (C=O) groups excluding carboxylic acids is 2. The predicted octanol–water partition coefficient (Wildman–Crippen LogP) is 0.505. The maximum absolute atomic E-state index is 11.5. The Morgan fingerprint density at radius 1 is 1.37 bits per heavy atom. The van der Waals surface area contributed by atoms with Gasteiger partial charge in [0, 0.05) is 6.42 Å². The number of carbonyl (C=O) groups is 3. The summed E-state index contributed by atoms with van der Waals surface area (Å²) in [5.74, 6) is 3.52. The summed E-state index contributed by atoms with van der Waals surface area (Å²) in [6.45, 7) is 2.09. The van der Waals surface area contributed by atoms with Gasteiger partial charge in [-0.2, -0.15) is 0 Å². The third-order valence-electron chi connectivity index (χ3n) is 2.40. The molecule has 110 valence electrons. The van der Waals surface area contributed by atoms with Crippen molar-refractivity contribution in [1.82, 2.24) is 5.01 Å². The highest BCUT2D eigenvalue weighted by atomic mass is 16.6. The zero-order valence-electron chi connectivity index (χ0n) is 11.1. The van der Waals surface area contributed by atoms with E-state index in [1.165, 1.54) is 7.11 Å². The van der Waals surface area contributed by atoms with Crippen LogP contribution in [0, 0.1) is 0 Å². The monoisotopic (exact) mass is 276 g/mol. The van der Waals surface area contributed by atoms with E-state index in [1.54, 1.807) is 0 Å². The molecule has 0 spiro atoms. The first-order valence-electron chi connectivity index (χ1n) is 5.94. The number of methoxy groups -OCH3 is 1.